The van der Waals surface area contributed by atoms with E-state index in [0.717, 1.165) is 23.3 Å². The van der Waals surface area contributed by atoms with E-state index in [2.05, 4.69) is 6.92 Å². The molecular weight excluding hydrogens is 479 g/mol. The second-order valence-corrected chi connectivity index (χ2v) is 9.78. The molecule has 0 aliphatic heterocycles. The number of ether oxygens (including phenoxy) is 2. The van der Waals surface area contributed by atoms with Crippen molar-refractivity contribution in [2.75, 3.05) is 6.61 Å². The molecule has 0 fully saturated rings. The summed E-state index contributed by atoms with van der Waals surface area (Å²) in [6.45, 7) is 6.51. The number of esters is 1. The fourth-order valence-corrected chi connectivity index (χ4v) is 4.09. The molecule has 3 aromatic carbocycles. The molecule has 0 saturated carbocycles. The van der Waals surface area contributed by atoms with Gasteiger partial charge in [0.05, 0.1) is 12.2 Å². The van der Waals surface area contributed by atoms with Crippen LogP contribution in [0.25, 0.3) is 11.1 Å². The highest BCUT2D eigenvalue weighted by Crippen LogP contribution is 2.25. The Balaban J connectivity index is 1.50. The normalized spacial score (nSPS) is 12.5. The van der Waals surface area contributed by atoms with Crippen molar-refractivity contribution in [3.63, 3.8) is 0 Å². The predicted octanol–water partition coefficient (Wildman–Crippen LogP) is 8.88. The van der Waals surface area contributed by atoms with Crippen molar-refractivity contribution in [1.82, 2.24) is 0 Å². The molecule has 0 saturated heterocycles. The van der Waals surface area contributed by atoms with Crippen LogP contribution in [0, 0.1) is 5.92 Å². The molecule has 0 spiro atoms. The van der Waals surface area contributed by atoms with Gasteiger partial charge in [-0.05, 0) is 59.9 Å². The average Bonchev–Trinajstić information content (AvgIpc) is 2.96. The number of unbranched alkanes of at least 4 members (excludes halogenated alkanes) is 5. The van der Waals surface area contributed by atoms with Crippen LogP contribution in [-0.4, -0.2) is 24.5 Å². The molecule has 0 bridgehead atoms. The lowest BCUT2D eigenvalue weighted by Gasteiger charge is -2.13. The molecule has 0 amide bonds. The van der Waals surface area contributed by atoms with E-state index < -0.39 is 17.9 Å². The van der Waals surface area contributed by atoms with Crippen LogP contribution in [0.4, 0.5) is 4.39 Å². The van der Waals surface area contributed by atoms with Crippen LogP contribution in [0.2, 0.25) is 0 Å². The van der Waals surface area contributed by atoms with Crippen LogP contribution in [-0.2, 0) is 0 Å². The van der Waals surface area contributed by atoms with Gasteiger partial charge in [-0.15, -0.1) is 0 Å². The zero-order valence-corrected chi connectivity index (χ0v) is 22.8. The van der Waals surface area contributed by atoms with Crippen molar-refractivity contribution in [2.24, 2.45) is 5.92 Å². The van der Waals surface area contributed by atoms with Gasteiger partial charge in [0.1, 0.15) is 11.5 Å². The molecule has 2 atom stereocenters. The highest BCUT2D eigenvalue weighted by Gasteiger charge is 2.24. The molecule has 0 aromatic heterocycles. The number of Topliss-reactive ketones (excluding diaryl/α,β-unsaturated/α-hetero) is 1. The summed E-state index contributed by atoms with van der Waals surface area (Å²) in [5, 5.41) is 0. The number of hydrogen-bond donors (Lipinski definition) is 0. The maximum Gasteiger partial charge on any atom is 0.343 e. The molecule has 0 heterocycles. The highest BCUT2D eigenvalue weighted by molar-refractivity contribution is 6.00. The first-order valence-electron chi connectivity index (χ1n) is 13.8. The molecule has 4 nitrogen and oxygen atoms in total. The Bertz CT molecular complexity index is 1140. The zero-order chi connectivity index (χ0) is 27.3. The topological polar surface area (TPSA) is 52.6 Å². The smallest absolute Gasteiger partial charge is 0.343 e. The molecule has 0 aliphatic rings. The summed E-state index contributed by atoms with van der Waals surface area (Å²) >= 11 is 0. The quantitative estimate of drug-likeness (QED) is 0.0872. The molecule has 3 aromatic rings. The first-order valence-corrected chi connectivity index (χ1v) is 13.8. The Morgan fingerprint density at radius 2 is 1.24 bits per heavy atom. The summed E-state index contributed by atoms with van der Waals surface area (Å²) in [6, 6.07) is 21.0. The van der Waals surface area contributed by atoms with Gasteiger partial charge in [-0.25, -0.2) is 9.18 Å². The van der Waals surface area contributed by atoms with Crippen molar-refractivity contribution < 1.29 is 23.5 Å². The number of halogens is 1. The van der Waals surface area contributed by atoms with E-state index in [0.29, 0.717) is 29.9 Å². The van der Waals surface area contributed by atoms with Crippen LogP contribution in [0.1, 0.15) is 86.4 Å². The third-order valence-corrected chi connectivity index (χ3v) is 6.82. The van der Waals surface area contributed by atoms with Gasteiger partial charge in [-0.2, -0.15) is 0 Å². The standard InChI is InChI=1S/C33H39FO4/c1-4-6-7-8-9-10-23-37-29-19-17-28(18-20-29)33(36)38-30-21-15-26(16-22-30)25-11-13-27(14-12-25)32(35)31(34)24(3)5-2/h11-22,24,31H,4-10,23H2,1-3H3/t24-,31+/m0/s1. The van der Waals surface area contributed by atoms with Gasteiger partial charge in [-0.1, -0.05) is 95.7 Å². The van der Waals surface area contributed by atoms with E-state index in [1.807, 2.05) is 19.1 Å². The lowest BCUT2D eigenvalue weighted by atomic mass is 9.94. The zero-order valence-electron chi connectivity index (χ0n) is 22.8. The monoisotopic (exact) mass is 518 g/mol. The van der Waals surface area contributed by atoms with Crippen LogP contribution >= 0.6 is 0 Å². The molecule has 0 radical (unpaired) electrons. The Morgan fingerprint density at radius 1 is 0.711 bits per heavy atom. The first-order chi connectivity index (χ1) is 18.4. The Kier molecular flexibility index (Phi) is 11.5. The number of carbonyl (C=O) groups is 2. The van der Waals surface area contributed by atoms with Gasteiger partial charge >= 0.3 is 5.97 Å². The van der Waals surface area contributed by atoms with E-state index in [1.54, 1.807) is 67.6 Å². The summed E-state index contributed by atoms with van der Waals surface area (Å²) in [7, 11) is 0. The fourth-order valence-electron chi connectivity index (χ4n) is 4.09. The molecule has 202 valence electrons. The Labute approximate surface area is 226 Å². The van der Waals surface area contributed by atoms with Crippen molar-refractivity contribution in [2.45, 2.75) is 71.9 Å². The summed E-state index contributed by atoms with van der Waals surface area (Å²) in [5.74, 6) is -0.0498. The van der Waals surface area contributed by atoms with E-state index in [1.165, 1.54) is 32.1 Å². The number of ketones is 1. The summed E-state index contributed by atoms with van der Waals surface area (Å²) in [5.41, 5.74) is 2.60. The Morgan fingerprint density at radius 3 is 1.84 bits per heavy atom. The minimum absolute atomic E-state index is 0.307. The predicted molar refractivity (Wildman–Crippen MR) is 151 cm³/mol. The van der Waals surface area contributed by atoms with Crippen LogP contribution in [0.15, 0.2) is 72.8 Å². The summed E-state index contributed by atoms with van der Waals surface area (Å²) in [6.07, 6.45) is 6.39. The fraction of sp³-hybridized carbons (Fsp3) is 0.394. The van der Waals surface area contributed by atoms with Gasteiger partial charge in [0.25, 0.3) is 0 Å². The highest BCUT2D eigenvalue weighted by atomic mass is 19.1. The molecule has 0 N–H and O–H groups in total. The molecule has 5 heteroatoms. The van der Waals surface area contributed by atoms with E-state index in [9.17, 15) is 14.0 Å². The average molecular weight is 519 g/mol. The lowest BCUT2D eigenvalue weighted by Crippen LogP contribution is -2.23. The maximum atomic E-state index is 14.3. The minimum atomic E-state index is -1.49. The van der Waals surface area contributed by atoms with E-state index >= 15 is 0 Å². The summed E-state index contributed by atoms with van der Waals surface area (Å²) in [4.78, 5) is 24.9. The number of benzene rings is 3. The second-order valence-electron chi connectivity index (χ2n) is 9.78. The van der Waals surface area contributed by atoms with Crippen LogP contribution in [0.5, 0.6) is 11.5 Å². The second kappa shape index (κ2) is 15.1. The molecule has 3 rings (SSSR count). The Hall–Kier alpha value is -3.47. The number of rotatable bonds is 15. The van der Waals surface area contributed by atoms with Gasteiger partial charge in [0, 0.05) is 5.56 Å². The lowest BCUT2D eigenvalue weighted by molar-refractivity contribution is 0.0734. The SMILES string of the molecule is CCCCCCCCOc1ccc(C(=O)Oc2ccc(-c3ccc(C(=O)[C@H](F)[C@@H](C)CC)cc3)cc2)cc1. The maximum absolute atomic E-state index is 14.3. The van der Waals surface area contributed by atoms with Gasteiger partial charge in [0.15, 0.2) is 12.0 Å². The van der Waals surface area contributed by atoms with E-state index in [-0.39, 0.29) is 5.92 Å². The van der Waals surface area contributed by atoms with Crippen LogP contribution in [0.3, 0.4) is 0 Å². The number of carbonyl (C=O) groups excluding carboxylic acids is 2. The number of alkyl halides is 1. The molecule has 0 aliphatic carbocycles. The van der Waals surface area contributed by atoms with Crippen molar-refractivity contribution in [3.05, 3.63) is 83.9 Å². The first kappa shape index (κ1) is 29.1. The third-order valence-electron chi connectivity index (χ3n) is 6.82. The van der Waals surface area contributed by atoms with E-state index in [4.69, 9.17) is 9.47 Å². The van der Waals surface area contributed by atoms with Crippen LogP contribution < -0.4 is 9.47 Å². The number of hydrogen-bond acceptors (Lipinski definition) is 4. The molecule has 38 heavy (non-hydrogen) atoms. The minimum Gasteiger partial charge on any atom is -0.494 e. The third kappa shape index (κ3) is 8.54. The molecular formula is C33H39FO4. The largest absolute Gasteiger partial charge is 0.494 e. The summed E-state index contributed by atoms with van der Waals surface area (Å²) < 4.78 is 25.6. The van der Waals surface area contributed by atoms with Crippen molar-refractivity contribution >= 4 is 11.8 Å². The van der Waals surface area contributed by atoms with Gasteiger partial charge < -0.3 is 9.47 Å². The molecule has 0 unspecified atom stereocenters. The van der Waals surface area contributed by atoms with Crippen molar-refractivity contribution in [1.29, 1.82) is 0 Å². The van der Waals surface area contributed by atoms with Crippen molar-refractivity contribution in [3.8, 4) is 22.6 Å². The van der Waals surface area contributed by atoms with Gasteiger partial charge in [0.2, 0.25) is 0 Å². The van der Waals surface area contributed by atoms with Gasteiger partial charge in [-0.3, -0.25) is 4.79 Å².